The summed E-state index contributed by atoms with van der Waals surface area (Å²) in [5, 5.41) is 9.89. The fraction of sp³-hybridized carbons (Fsp3) is 0.500. The monoisotopic (exact) mass is 293 g/mol. The number of nitrogens with one attached hydrogen (secondary N) is 1. The predicted octanol–water partition coefficient (Wildman–Crippen LogP) is 1.79. The number of rotatable bonds is 4. The lowest BCUT2D eigenvalue weighted by molar-refractivity contribution is 0.00638. The molecule has 0 aliphatic heterocycles. The smallest absolute Gasteiger partial charge is 0.241 e. The van der Waals surface area contributed by atoms with Crippen molar-refractivity contribution < 1.29 is 22.3 Å². The number of aliphatic hydroxyl groups is 1. The maximum Gasteiger partial charge on any atom is 0.241 e. The van der Waals surface area contributed by atoms with Crippen molar-refractivity contribution in [1.82, 2.24) is 4.72 Å². The molecular formula is C12H17F2NO3S. The zero-order chi connectivity index (χ0) is 15.1. The molecule has 7 heteroatoms. The Bertz CT molecular complexity index is 577. The van der Waals surface area contributed by atoms with Crippen molar-refractivity contribution in [3.05, 3.63) is 29.8 Å². The molecule has 0 radical (unpaired) electrons. The van der Waals surface area contributed by atoms with Gasteiger partial charge in [-0.05, 0) is 45.9 Å². The highest BCUT2D eigenvalue weighted by atomic mass is 32.2. The molecule has 4 nitrogen and oxygen atoms in total. The summed E-state index contributed by atoms with van der Waals surface area (Å²) in [6.45, 7) is 5.87. The van der Waals surface area contributed by atoms with Gasteiger partial charge in [-0.15, -0.1) is 0 Å². The summed E-state index contributed by atoms with van der Waals surface area (Å²) in [7, 11) is -4.06. The van der Waals surface area contributed by atoms with Gasteiger partial charge in [0.2, 0.25) is 10.0 Å². The lowest BCUT2D eigenvalue weighted by Gasteiger charge is -2.37. The molecule has 0 saturated heterocycles. The van der Waals surface area contributed by atoms with Gasteiger partial charge in [0.25, 0.3) is 0 Å². The Morgan fingerprint density at radius 1 is 1.11 bits per heavy atom. The molecule has 1 rings (SSSR count). The summed E-state index contributed by atoms with van der Waals surface area (Å²) >= 11 is 0. The van der Waals surface area contributed by atoms with Crippen LogP contribution in [0, 0.1) is 11.6 Å². The van der Waals surface area contributed by atoms with E-state index >= 15 is 0 Å². The molecule has 0 bridgehead atoms. The first kappa shape index (κ1) is 16.0. The standard InChI is InChI=1S/C12H17F2NO3S/c1-11(2,12(3,4)16)15-19(17,18)8-5-6-9(13)10(14)7-8/h5-7,15-16H,1-4H3. The molecule has 0 fully saturated rings. The zero-order valence-corrected chi connectivity index (χ0v) is 12.0. The second-order valence-corrected chi connectivity index (χ2v) is 7.05. The summed E-state index contributed by atoms with van der Waals surface area (Å²) < 4.78 is 52.2. The van der Waals surface area contributed by atoms with Gasteiger partial charge in [0.05, 0.1) is 16.0 Å². The van der Waals surface area contributed by atoms with Crippen molar-refractivity contribution in [2.75, 3.05) is 0 Å². The molecule has 2 N–H and O–H groups in total. The molecular weight excluding hydrogens is 276 g/mol. The Morgan fingerprint density at radius 3 is 2.05 bits per heavy atom. The van der Waals surface area contributed by atoms with E-state index in [9.17, 15) is 22.3 Å². The van der Waals surface area contributed by atoms with E-state index in [4.69, 9.17) is 0 Å². The van der Waals surface area contributed by atoms with Gasteiger partial charge < -0.3 is 5.11 Å². The van der Waals surface area contributed by atoms with E-state index in [0.29, 0.717) is 6.07 Å². The maximum atomic E-state index is 13.1. The van der Waals surface area contributed by atoms with Crippen molar-refractivity contribution in [2.24, 2.45) is 0 Å². The van der Waals surface area contributed by atoms with Gasteiger partial charge in [0, 0.05) is 0 Å². The number of hydrogen-bond acceptors (Lipinski definition) is 3. The third-order valence-corrected chi connectivity index (χ3v) is 4.77. The predicted molar refractivity (Wildman–Crippen MR) is 67.1 cm³/mol. The number of sulfonamides is 1. The van der Waals surface area contributed by atoms with Gasteiger partial charge >= 0.3 is 0 Å². The third kappa shape index (κ3) is 3.49. The highest BCUT2D eigenvalue weighted by Crippen LogP contribution is 2.24. The van der Waals surface area contributed by atoms with Gasteiger partial charge in [-0.1, -0.05) is 0 Å². The van der Waals surface area contributed by atoms with E-state index in [-0.39, 0.29) is 0 Å². The summed E-state index contributed by atoms with van der Waals surface area (Å²) in [6, 6.07) is 2.29. The van der Waals surface area contributed by atoms with Crippen molar-refractivity contribution in [1.29, 1.82) is 0 Å². The van der Waals surface area contributed by atoms with Crippen molar-refractivity contribution in [3.63, 3.8) is 0 Å². The van der Waals surface area contributed by atoms with Crippen LogP contribution in [-0.4, -0.2) is 24.7 Å². The summed E-state index contributed by atoms with van der Waals surface area (Å²) in [4.78, 5) is -0.399. The van der Waals surface area contributed by atoms with Crippen LogP contribution in [-0.2, 0) is 10.0 Å². The van der Waals surface area contributed by atoms with E-state index in [0.717, 1.165) is 12.1 Å². The molecule has 0 aromatic heterocycles. The molecule has 0 saturated carbocycles. The van der Waals surface area contributed by atoms with E-state index in [2.05, 4.69) is 4.72 Å². The van der Waals surface area contributed by atoms with Crippen LogP contribution in [0.25, 0.3) is 0 Å². The van der Waals surface area contributed by atoms with Crippen LogP contribution in [0.4, 0.5) is 8.78 Å². The van der Waals surface area contributed by atoms with Gasteiger partial charge in [-0.25, -0.2) is 21.9 Å². The van der Waals surface area contributed by atoms with E-state index < -0.39 is 37.7 Å². The van der Waals surface area contributed by atoms with Gasteiger partial charge in [-0.2, -0.15) is 0 Å². The SMILES string of the molecule is CC(C)(O)C(C)(C)NS(=O)(=O)c1ccc(F)c(F)c1. The minimum atomic E-state index is -4.06. The highest BCUT2D eigenvalue weighted by Gasteiger charge is 2.38. The average molecular weight is 293 g/mol. The van der Waals surface area contributed by atoms with Crippen molar-refractivity contribution in [2.45, 2.75) is 43.7 Å². The van der Waals surface area contributed by atoms with E-state index in [1.165, 1.54) is 27.7 Å². The van der Waals surface area contributed by atoms with Gasteiger partial charge in [0.15, 0.2) is 11.6 Å². The Morgan fingerprint density at radius 2 is 1.63 bits per heavy atom. The fourth-order valence-electron chi connectivity index (χ4n) is 1.16. The molecule has 1 aromatic carbocycles. The molecule has 0 aliphatic rings. The van der Waals surface area contributed by atoms with Crippen LogP contribution >= 0.6 is 0 Å². The molecule has 0 amide bonds. The molecule has 1 aromatic rings. The van der Waals surface area contributed by atoms with Crippen LogP contribution < -0.4 is 4.72 Å². The number of benzene rings is 1. The molecule has 19 heavy (non-hydrogen) atoms. The Balaban J connectivity index is 3.16. The van der Waals surface area contributed by atoms with Crippen LogP contribution in [0.3, 0.4) is 0 Å². The van der Waals surface area contributed by atoms with Gasteiger partial charge in [-0.3, -0.25) is 0 Å². The molecule has 0 heterocycles. The minimum absolute atomic E-state index is 0.399. The van der Waals surface area contributed by atoms with E-state index in [1.807, 2.05) is 0 Å². The largest absolute Gasteiger partial charge is 0.389 e. The van der Waals surface area contributed by atoms with Crippen LogP contribution in [0.1, 0.15) is 27.7 Å². The summed E-state index contributed by atoms with van der Waals surface area (Å²) in [5.41, 5.74) is -2.52. The zero-order valence-electron chi connectivity index (χ0n) is 11.2. The van der Waals surface area contributed by atoms with Crippen LogP contribution in [0.2, 0.25) is 0 Å². The van der Waals surface area contributed by atoms with Gasteiger partial charge in [0.1, 0.15) is 0 Å². The Labute approximate surface area is 111 Å². The maximum absolute atomic E-state index is 13.1. The van der Waals surface area contributed by atoms with Crippen LogP contribution in [0.5, 0.6) is 0 Å². The summed E-state index contributed by atoms with van der Waals surface area (Å²) in [5.74, 6) is -2.37. The molecule has 0 unspecified atom stereocenters. The molecule has 0 spiro atoms. The number of halogens is 2. The topological polar surface area (TPSA) is 66.4 Å². The van der Waals surface area contributed by atoms with Crippen molar-refractivity contribution >= 4 is 10.0 Å². The van der Waals surface area contributed by atoms with Crippen LogP contribution in [0.15, 0.2) is 23.1 Å². The van der Waals surface area contributed by atoms with E-state index in [1.54, 1.807) is 0 Å². The molecule has 108 valence electrons. The Kier molecular flexibility index (Phi) is 4.05. The minimum Gasteiger partial charge on any atom is -0.389 e. The normalized spacial score (nSPS) is 13.6. The third-order valence-electron chi connectivity index (χ3n) is 3.12. The molecule has 0 atom stereocenters. The first-order chi connectivity index (χ1) is 8.37. The lowest BCUT2D eigenvalue weighted by atomic mass is 9.87. The second-order valence-electron chi connectivity index (χ2n) is 5.37. The Hall–Kier alpha value is -1.05. The average Bonchev–Trinajstić information content (AvgIpc) is 2.18. The quantitative estimate of drug-likeness (QED) is 0.889. The molecule has 0 aliphatic carbocycles. The fourth-order valence-corrected chi connectivity index (χ4v) is 2.71. The number of hydrogen-bond donors (Lipinski definition) is 2. The first-order valence-corrected chi connectivity index (χ1v) is 7.06. The first-order valence-electron chi connectivity index (χ1n) is 5.58. The lowest BCUT2D eigenvalue weighted by Crippen LogP contribution is -2.57. The second kappa shape index (κ2) is 4.81. The summed E-state index contributed by atoms with van der Waals surface area (Å²) in [6.07, 6.45) is 0. The highest BCUT2D eigenvalue weighted by molar-refractivity contribution is 7.89. The van der Waals surface area contributed by atoms with Crippen molar-refractivity contribution in [3.8, 4) is 0 Å².